The van der Waals surface area contributed by atoms with Crippen molar-refractivity contribution in [3.8, 4) is 0 Å². The maximum absolute atomic E-state index is 4.69. The molecule has 2 unspecified atom stereocenters. The normalized spacial score (nSPS) is 22.8. The van der Waals surface area contributed by atoms with E-state index in [-0.39, 0.29) is 12.1 Å². The van der Waals surface area contributed by atoms with Gasteiger partial charge in [0.25, 0.3) is 0 Å². The zero-order valence-corrected chi connectivity index (χ0v) is 15.0. The van der Waals surface area contributed by atoms with Crippen molar-refractivity contribution in [3.05, 3.63) is 24.3 Å². The highest BCUT2D eigenvalue weighted by atomic mass is 15.3. The van der Waals surface area contributed by atoms with Crippen LogP contribution in [-0.2, 0) is 0 Å². The molecule has 2 aliphatic rings. The molecule has 2 N–H and O–H groups in total. The molecule has 1 aromatic rings. The first-order valence-electron chi connectivity index (χ1n) is 8.93. The highest BCUT2D eigenvalue weighted by Crippen LogP contribution is 2.31. The third-order valence-corrected chi connectivity index (χ3v) is 4.23. The lowest BCUT2D eigenvalue weighted by molar-refractivity contribution is 0.416. The number of hydrogen-bond donors (Lipinski definition) is 2. The Kier molecular flexibility index (Phi) is 5.02. The van der Waals surface area contributed by atoms with Gasteiger partial charge in [0.1, 0.15) is 0 Å². The van der Waals surface area contributed by atoms with Crippen LogP contribution in [0.25, 0.3) is 0 Å². The first-order chi connectivity index (χ1) is 11.5. The van der Waals surface area contributed by atoms with Crippen molar-refractivity contribution in [1.29, 1.82) is 0 Å². The van der Waals surface area contributed by atoms with E-state index in [4.69, 9.17) is 9.97 Å². The van der Waals surface area contributed by atoms with Gasteiger partial charge >= 0.3 is 0 Å². The van der Waals surface area contributed by atoms with Gasteiger partial charge in [-0.3, -0.25) is 0 Å². The molecule has 1 saturated heterocycles. The fourth-order valence-electron chi connectivity index (χ4n) is 3.26. The van der Waals surface area contributed by atoms with Crippen LogP contribution >= 0.6 is 0 Å². The van der Waals surface area contributed by atoms with Crippen LogP contribution in [0.15, 0.2) is 24.3 Å². The summed E-state index contributed by atoms with van der Waals surface area (Å²) >= 11 is 0. The van der Waals surface area contributed by atoms with Gasteiger partial charge in [-0.1, -0.05) is 24.3 Å². The Morgan fingerprint density at radius 2 is 1.58 bits per heavy atom. The molecular weight excluding hydrogens is 300 g/mol. The fourth-order valence-corrected chi connectivity index (χ4v) is 3.26. The maximum Gasteiger partial charge on any atom is 0.232 e. The molecule has 1 fully saturated rings. The van der Waals surface area contributed by atoms with Crippen LogP contribution < -0.4 is 15.5 Å². The van der Waals surface area contributed by atoms with Gasteiger partial charge in [0.05, 0.1) is 6.04 Å². The Morgan fingerprint density at radius 1 is 0.958 bits per heavy atom. The minimum Gasteiger partial charge on any atom is -0.352 e. The molecule has 24 heavy (non-hydrogen) atoms. The van der Waals surface area contributed by atoms with E-state index >= 15 is 0 Å². The molecule has 0 saturated carbocycles. The molecular formula is C18H28N6. The summed E-state index contributed by atoms with van der Waals surface area (Å²) < 4.78 is 0. The molecule has 130 valence electrons. The standard InChI is InChI=1S/C18H28N6/c1-12(2)19-16-21-17(20-13(3)4)23-18(22-16)24-11-7-9-14-8-5-6-10-15(14)24/h5-6,8,10,12-15H,7,9,11H2,1-4H3,(H2,19,20,21,22,23). The molecule has 0 bridgehead atoms. The Labute approximate surface area is 144 Å². The van der Waals surface area contributed by atoms with E-state index in [9.17, 15) is 0 Å². The van der Waals surface area contributed by atoms with Crippen LogP contribution in [0, 0.1) is 5.92 Å². The topological polar surface area (TPSA) is 66.0 Å². The van der Waals surface area contributed by atoms with Gasteiger partial charge in [-0.2, -0.15) is 15.0 Å². The van der Waals surface area contributed by atoms with Crippen LogP contribution in [0.5, 0.6) is 0 Å². The molecule has 2 heterocycles. The van der Waals surface area contributed by atoms with Gasteiger partial charge in [-0.15, -0.1) is 0 Å². The second-order valence-corrected chi connectivity index (χ2v) is 7.14. The second kappa shape index (κ2) is 7.20. The van der Waals surface area contributed by atoms with Gasteiger partial charge in [-0.05, 0) is 40.5 Å². The number of allylic oxidation sites excluding steroid dienone is 2. The van der Waals surface area contributed by atoms with Crippen LogP contribution in [0.3, 0.4) is 0 Å². The zero-order chi connectivity index (χ0) is 17.1. The lowest BCUT2D eigenvalue weighted by atomic mass is 9.86. The molecule has 6 heteroatoms. The lowest BCUT2D eigenvalue weighted by Gasteiger charge is -2.39. The van der Waals surface area contributed by atoms with Crippen LogP contribution in [0.2, 0.25) is 0 Å². The number of rotatable bonds is 5. The minimum atomic E-state index is 0.277. The average Bonchev–Trinajstić information content (AvgIpc) is 2.52. The lowest BCUT2D eigenvalue weighted by Crippen LogP contribution is -2.45. The fraction of sp³-hybridized carbons (Fsp3) is 0.611. The first kappa shape index (κ1) is 16.7. The third-order valence-electron chi connectivity index (χ3n) is 4.23. The van der Waals surface area contributed by atoms with Crippen molar-refractivity contribution < 1.29 is 0 Å². The summed E-state index contributed by atoms with van der Waals surface area (Å²) in [7, 11) is 0. The number of nitrogens with one attached hydrogen (secondary N) is 2. The Balaban J connectivity index is 1.92. The quantitative estimate of drug-likeness (QED) is 0.865. The third kappa shape index (κ3) is 3.86. The number of piperidine rings is 1. The average molecular weight is 328 g/mol. The monoisotopic (exact) mass is 328 g/mol. The molecule has 6 nitrogen and oxygen atoms in total. The van der Waals surface area contributed by atoms with E-state index in [2.05, 4.69) is 72.5 Å². The van der Waals surface area contributed by atoms with Crippen molar-refractivity contribution in [2.75, 3.05) is 22.1 Å². The number of hydrogen-bond acceptors (Lipinski definition) is 6. The van der Waals surface area contributed by atoms with Gasteiger partial charge in [-0.25, -0.2) is 0 Å². The van der Waals surface area contributed by atoms with E-state index in [0.717, 1.165) is 18.9 Å². The SMILES string of the molecule is CC(C)Nc1nc(NC(C)C)nc(N2CCCC3C=CC=CC32)n1. The number of anilines is 3. The van der Waals surface area contributed by atoms with Crippen molar-refractivity contribution >= 4 is 17.8 Å². The summed E-state index contributed by atoms with van der Waals surface area (Å²) in [6.07, 6.45) is 11.2. The van der Waals surface area contributed by atoms with E-state index < -0.39 is 0 Å². The van der Waals surface area contributed by atoms with Gasteiger partial charge in [0, 0.05) is 24.5 Å². The van der Waals surface area contributed by atoms with Crippen molar-refractivity contribution in [2.24, 2.45) is 5.92 Å². The van der Waals surface area contributed by atoms with Crippen LogP contribution in [-0.4, -0.2) is 39.6 Å². The molecule has 3 rings (SSSR count). The predicted octanol–water partition coefficient (Wildman–Crippen LogP) is 3.22. The van der Waals surface area contributed by atoms with E-state index in [1.807, 2.05) is 0 Å². The van der Waals surface area contributed by atoms with Gasteiger partial charge < -0.3 is 15.5 Å². The summed E-state index contributed by atoms with van der Waals surface area (Å²) in [4.78, 5) is 16.2. The molecule has 1 aliphatic heterocycles. The summed E-state index contributed by atoms with van der Waals surface area (Å²) in [5.41, 5.74) is 0. The van der Waals surface area contributed by atoms with E-state index in [1.165, 1.54) is 6.42 Å². The Morgan fingerprint density at radius 3 is 2.21 bits per heavy atom. The highest BCUT2D eigenvalue weighted by Gasteiger charge is 2.31. The molecule has 0 amide bonds. The van der Waals surface area contributed by atoms with E-state index in [0.29, 0.717) is 23.9 Å². The van der Waals surface area contributed by atoms with Crippen molar-refractivity contribution in [1.82, 2.24) is 15.0 Å². The summed E-state index contributed by atoms with van der Waals surface area (Å²) in [6, 6.07) is 0.891. The smallest absolute Gasteiger partial charge is 0.232 e. The Bertz CT molecular complexity index is 594. The van der Waals surface area contributed by atoms with Crippen molar-refractivity contribution in [2.45, 2.75) is 58.7 Å². The number of fused-ring (bicyclic) bond motifs is 1. The molecule has 0 radical (unpaired) electrons. The molecule has 0 spiro atoms. The molecule has 0 aromatic carbocycles. The minimum absolute atomic E-state index is 0.277. The Hall–Kier alpha value is -2.11. The summed E-state index contributed by atoms with van der Waals surface area (Å²) in [5, 5.41) is 6.62. The number of aromatic nitrogens is 3. The first-order valence-corrected chi connectivity index (χ1v) is 8.93. The maximum atomic E-state index is 4.69. The molecule has 1 aromatic heterocycles. The van der Waals surface area contributed by atoms with E-state index in [1.54, 1.807) is 0 Å². The van der Waals surface area contributed by atoms with Crippen LogP contribution in [0.4, 0.5) is 17.8 Å². The van der Waals surface area contributed by atoms with Gasteiger partial charge in [0.15, 0.2) is 0 Å². The molecule has 2 atom stereocenters. The largest absolute Gasteiger partial charge is 0.352 e. The zero-order valence-electron chi connectivity index (χ0n) is 15.0. The predicted molar refractivity (Wildman–Crippen MR) is 99.5 cm³/mol. The summed E-state index contributed by atoms with van der Waals surface area (Å²) in [5.74, 6) is 2.57. The van der Waals surface area contributed by atoms with Crippen molar-refractivity contribution in [3.63, 3.8) is 0 Å². The number of nitrogens with zero attached hydrogens (tertiary/aromatic N) is 4. The second-order valence-electron chi connectivity index (χ2n) is 7.14. The molecule has 1 aliphatic carbocycles. The highest BCUT2D eigenvalue weighted by molar-refractivity contribution is 5.47. The van der Waals surface area contributed by atoms with Gasteiger partial charge in [0.2, 0.25) is 17.8 Å². The summed E-state index contributed by atoms with van der Waals surface area (Å²) in [6.45, 7) is 9.33. The van der Waals surface area contributed by atoms with Crippen LogP contribution in [0.1, 0.15) is 40.5 Å².